The predicted octanol–water partition coefficient (Wildman–Crippen LogP) is -1.54. The monoisotopic (exact) mass is 278 g/mol. The first-order valence-electron chi connectivity index (χ1n) is 6.47. The fraction of sp³-hybridized carbons (Fsp3) is 1.00. The summed E-state index contributed by atoms with van der Waals surface area (Å²) in [5.41, 5.74) is 0. The first kappa shape index (κ1) is 14.2. The highest BCUT2D eigenvalue weighted by Gasteiger charge is 2.27. The average molecular weight is 278 g/mol. The number of aliphatic hydroxyl groups excluding tert-OH is 1. The fourth-order valence-electron chi connectivity index (χ4n) is 2.41. The molecule has 0 aromatic rings. The molecule has 0 saturated carbocycles. The lowest BCUT2D eigenvalue weighted by Crippen LogP contribution is -2.45. The minimum absolute atomic E-state index is 0.00865. The summed E-state index contributed by atoms with van der Waals surface area (Å²) >= 11 is 0. The van der Waals surface area contributed by atoms with Gasteiger partial charge in [-0.05, 0) is 6.42 Å². The summed E-state index contributed by atoms with van der Waals surface area (Å²) in [6.07, 6.45) is 0.207. The van der Waals surface area contributed by atoms with Crippen molar-refractivity contribution < 1.29 is 18.3 Å². The molecule has 2 rings (SSSR count). The maximum absolute atomic E-state index is 11.3. The molecule has 106 valence electrons. The van der Waals surface area contributed by atoms with Gasteiger partial charge in [0.15, 0.2) is 9.84 Å². The molecule has 2 saturated heterocycles. The van der Waals surface area contributed by atoms with Crippen molar-refractivity contribution in [1.82, 2.24) is 10.2 Å². The van der Waals surface area contributed by atoms with E-state index in [9.17, 15) is 13.5 Å². The summed E-state index contributed by atoms with van der Waals surface area (Å²) in [4.78, 5) is 2.17. The van der Waals surface area contributed by atoms with E-state index in [2.05, 4.69) is 10.2 Å². The quantitative estimate of drug-likeness (QED) is 0.634. The van der Waals surface area contributed by atoms with E-state index in [0.717, 1.165) is 26.3 Å². The molecule has 2 unspecified atom stereocenters. The number of ether oxygens (including phenoxy) is 1. The number of hydrogen-bond acceptors (Lipinski definition) is 6. The van der Waals surface area contributed by atoms with E-state index >= 15 is 0 Å². The number of morpholine rings is 1. The molecule has 7 heteroatoms. The first-order valence-corrected chi connectivity index (χ1v) is 8.29. The van der Waals surface area contributed by atoms with Crippen molar-refractivity contribution in [3.63, 3.8) is 0 Å². The predicted molar refractivity (Wildman–Crippen MR) is 68.3 cm³/mol. The van der Waals surface area contributed by atoms with Gasteiger partial charge in [-0.2, -0.15) is 0 Å². The van der Waals surface area contributed by atoms with Crippen LogP contribution in [0, 0.1) is 0 Å². The maximum Gasteiger partial charge on any atom is 0.151 e. The molecule has 0 amide bonds. The van der Waals surface area contributed by atoms with Gasteiger partial charge in [0.25, 0.3) is 0 Å². The van der Waals surface area contributed by atoms with E-state index in [1.807, 2.05) is 0 Å². The molecule has 6 nitrogen and oxygen atoms in total. The van der Waals surface area contributed by atoms with Crippen LogP contribution < -0.4 is 5.32 Å². The minimum atomic E-state index is -2.84. The largest absolute Gasteiger partial charge is 0.390 e. The molecule has 2 N–H and O–H groups in total. The van der Waals surface area contributed by atoms with Gasteiger partial charge in [0.05, 0.1) is 30.8 Å². The van der Waals surface area contributed by atoms with Gasteiger partial charge in [0, 0.05) is 32.2 Å². The minimum Gasteiger partial charge on any atom is -0.390 e. The molecule has 0 aromatic heterocycles. The van der Waals surface area contributed by atoms with E-state index in [0.29, 0.717) is 19.5 Å². The number of nitrogens with one attached hydrogen (secondary N) is 1. The summed E-state index contributed by atoms with van der Waals surface area (Å²) < 4.78 is 27.8. The number of nitrogens with zero attached hydrogens (tertiary/aromatic N) is 1. The van der Waals surface area contributed by atoms with Crippen LogP contribution in [0.2, 0.25) is 0 Å². The van der Waals surface area contributed by atoms with E-state index in [4.69, 9.17) is 4.74 Å². The van der Waals surface area contributed by atoms with Gasteiger partial charge in [-0.3, -0.25) is 4.90 Å². The van der Waals surface area contributed by atoms with Crippen LogP contribution >= 0.6 is 0 Å². The van der Waals surface area contributed by atoms with Gasteiger partial charge in [-0.25, -0.2) is 8.42 Å². The third-order valence-electron chi connectivity index (χ3n) is 3.45. The molecular formula is C11H22N2O4S. The molecule has 0 spiro atoms. The van der Waals surface area contributed by atoms with Crippen LogP contribution in [0.3, 0.4) is 0 Å². The Labute approximate surface area is 108 Å². The SMILES string of the molecule is O=S1(=O)CCC(NCC(O)CN2CCOCC2)C1. The van der Waals surface area contributed by atoms with Crippen LogP contribution in [-0.2, 0) is 14.6 Å². The highest BCUT2D eigenvalue weighted by molar-refractivity contribution is 7.91. The molecule has 18 heavy (non-hydrogen) atoms. The molecule has 2 heterocycles. The zero-order chi connectivity index (χ0) is 13.0. The molecule has 0 aliphatic carbocycles. The Morgan fingerprint density at radius 2 is 2.11 bits per heavy atom. The van der Waals surface area contributed by atoms with Crippen molar-refractivity contribution in [2.24, 2.45) is 0 Å². The van der Waals surface area contributed by atoms with Crippen LogP contribution in [0.25, 0.3) is 0 Å². The van der Waals surface area contributed by atoms with Crippen LogP contribution in [0.5, 0.6) is 0 Å². The summed E-state index contributed by atoms with van der Waals surface area (Å²) in [5, 5.41) is 13.0. The Balaban J connectivity index is 1.64. The molecule has 2 aliphatic rings. The second-order valence-corrected chi connectivity index (χ2v) is 7.30. The van der Waals surface area contributed by atoms with Crippen molar-refractivity contribution in [2.45, 2.75) is 18.6 Å². The Morgan fingerprint density at radius 1 is 1.39 bits per heavy atom. The summed E-state index contributed by atoms with van der Waals surface area (Å²) in [6, 6.07) is 0.00865. The smallest absolute Gasteiger partial charge is 0.151 e. The lowest BCUT2D eigenvalue weighted by Gasteiger charge is -2.28. The van der Waals surface area contributed by atoms with Gasteiger partial charge in [-0.1, -0.05) is 0 Å². The third-order valence-corrected chi connectivity index (χ3v) is 5.22. The number of rotatable bonds is 5. The first-order chi connectivity index (χ1) is 8.55. The highest BCUT2D eigenvalue weighted by Crippen LogP contribution is 2.11. The lowest BCUT2D eigenvalue weighted by atomic mass is 10.2. The maximum atomic E-state index is 11.3. The zero-order valence-corrected chi connectivity index (χ0v) is 11.4. The Hall–Kier alpha value is -0.210. The zero-order valence-electron chi connectivity index (χ0n) is 10.5. The standard InChI is InChI=1S/C11H22N2O4S/c14-11(8-13-2-4-17-5-3-13)7-12-10-1-6-18(15,16)9-10/h10-12,14H,1-9H2. The molecular weight excluding hydrogens is 256 g/mol. The molecule has 0 bridgehead atoms. The van der Waals surface area contributed by atoms with Crippen LogP contribution in [-0.4, -0.2) is 81.5 Å². The highest BCUT2D eigenvalue weighted by atomic mass is 32.2. The van der Waals surface area contributed by atoms with Gasteiger partial charge in [0.2, 0.25) is 0 Å². The van der Waals surface area contributed by atoms with Crippen LogP contribution in [0.4, 0.5) is 0 Å². The Bertz CT molecular complexity index is 354. The van der Waals surface area contributed by atoms with Gasteiger partial charge in [-0.15, -0.1) is 0 Å². The Morgan fingerprint density at radius 3 is 2.72 bits per heavy atom. The van der Waals surface area contributed by atoms with Crippen LogP contribution in [0.15, 0.2) is 0 Å². The normalized spacial score (nSPS) is 30.4. The summed E-state index contributed by atoms with van der Waals surface area (Å²) in [6.45, 7) is 4.24. The van der Waals surface area contributed by atoms with E-state index in [-0.39, 0.29) is 17.5 Å². The van der Waals surface area contributed by atoms with Crippen molar-refractivity contribution in [3.05, 3.63) is 0 Å². The van der Waals surface area contributed by atoms with E-state index < -0.39 is 15.9 Å². The third kappa shape index (κ3) is 4.47. The van der Waals surface area contributed by atoms with Crippen molar-refractivity contribution in [1.29, 1.82) is 0 Å². The van der Waals surface area contributed by atoms with E-state index in [1.54, 1.807) is 0 Å². The molecule has 0 radical (unpaired) electrons. The topological polar surface area (TPSA) is 78.9 Å². The molecule has 2 fully saturated rings. The second kappa shape index (κ2) is 6.29. The van der Waals surface area contributed by atoms with Gasteiger partial charge < -0.3 is 15.2 Å². The van der Waals surface area contributed by atoms with Gasteiger partial charge in [0.1, 0.15) is 0 Å². The number of sulfone groups is 1. The van der Waals surface area contributed by atoms with Crippen molar-refractivity contribution in [3.8, 4) is 0 Å². The van der Waals surface area contributed by atoms with E-state index in [1.165, 1.54) is 0 Å². The van der Waals surface area contributed by atoms with Crippen molar-refractivity contribution in [2.75, 3.05) is 50.9 Å². The molecule has 2 atom stereocenters. The molecule has 0 aromatic carbocycles. The average Bonchev–Trinajstić information content (AvgIpc) is 2.68. The van der Waals surface area contributed by atoms with Gasteiger partial charge >= 0.3 is 0 Å². The summed E-state index contributed by atoms with van der Waals surface area (Å²) in [7, 11) is -2.84. The van der Waals surface area contributed by atoms with Crippen molar-refractivity contribution >= 4 is 9.84 Å². The second-order valence-electron chi connectivity index (χ2n) is 5.08. The number of aliphatic hydroxyl groups is 1. The molecule has 2 aliphatic heterocycles. The Kier molecular flexibility index (Phi) is 4.97. The summed E-state index contributed by atoms with van der Waals surface area (Å²) in [5.74, 6) is 0.474. The lowest BCUT2D eigenvalue weighted by molar-refractivity contribution is 0.0146. The number of β-amino-alcohol motifs (C(OH)–C–C–N with tert-alkyl or cyclic N) is 1. The van der Waals surface area contributed by atoms with Crippen LogP contribution in [0.1, 0.15) is 6.42 Å². The fourth-order valence-corrected chi connectivity index (χ4v) is 4.11. The number of hydrogen-bond donors (Lipinski definition) is 2.